The van der Waals surface area contributed by atoms with Crippen LogP contribution in [0.3, 0.4) is 0 Å². The summed E-state index contributed by atoms with van der Waals surface area (Å²) in [5.74, 6) is 0. The van der Waals surface area contributed by atoms with E-state index in [9.17, 15) is 0 Å². The molecule has 0 radical (unpaired) electrons. The summed E-state index contributed by atoms with van der Waals surface area (Å²) in [6.45, 7) is 0. The first kappa shape index (κ1) is 11.9. The molecule has 0 aliphatic carbocycles. The SMILES string of the molecule is CO/C=C/c1ccc(-c2ccccc2C#N)cc1. The van der Waals surface area contributed by atoms with Crippen molar-refractivity contribution in [1.82, 2.24) is 0 Å². The minimum atomic E-state index is 0.692. The van der Waals surface area contributed by atoms with Gasteiger partial charge in [-0.25, -0.2) is 0 Å². The Morgan fingerprint density at radius 3 is 2.44 bits per heavy atom. The Labute approximate surface area is 107 Å². The molecule has 0 saturated carbocycles. The quantitative estimate of drug-likeness (QED) is 0.757. The molecule has 0 saturated heterocycles. The molecule has 0 amide bonds. The summed E-state index contributed by atoms with van der Waals surface area (Å²) in [6.07, 6.45) is 3.53. The Hall–Kier alpha value is -2.53. The molecule has 0 aliphatic heterocycles. The van der Waals surface area contributed by atoms with E-state index in [4.69, 9.17) is 10.00 Å². The van der Waals surface area contributed by atoms with Crippen LogP contribution >= 0.6 is 0 Å². The third-order valence-corrected chi connectivity index (χ3v) is 2.67. The van der Waals surface area contributed by atoms with E-state index in [1.54, 1.807) is 13.4 Å². The highest BCUT2D eigenvalue weighted by Crippen LogP contribution is 2.23. The van der Waals surface area contributed by atoms with E-state index in [2.05, 4.69) is 6.07 Å². The lowest BCUT2D eigenvalue weighted by Crippen LogP contribution is -1.83. The van der Waals surface area contributed by atoms with Crippen molar-refractivity contribution in [3.8, 4) is 17.2 Å². The van der Waals surface area contributed by atoms with Crippen LogP contribution in [0.15, 0.2) is 54.8 Å². The lowest BCUT2D eigenvalue weighted by molar-refractivity contribution is 0.341. The maximum Gasteiger partial charge on any atom is 0.0998 e. The lowest BCUT2D eigenvalue weighted by atomic mass is 9.99. The third kappa shape index (κ3) is 2.58. The predicted molar refractivity (Wildman–Crippen MR) is 72.6 cm³/mol. The first-order valence-corrected chi connectivity index (χ1v) is 5.64. The summed E-state index contributed by atoms with van der Waals surface area (Å²) in [5.41, 5.74) is 3.76. The summed E-state index contributed by atoms with van der Waals surface area (Å²) >= 11 is 0. The molecule has 0 fully saturated rings. The van der Waals surface area contributed by atoms with E-state index < -0.39 is 0 Å². The molecule has 0 N–H and O–H groups in total. The molecule has 2 heteroatoms. The van der Waals surface area contributed by atoms with Crippen LogP contribution in [0.25, 0.3) is 17.2 Å². The van der Waals surface area contributed by atoms with Gasteiger partial charge in [-0.2, -0.15) is 5.26 Å². The molecule has 0 aromatic heterocycles. The van der Waals surface area contributed by atoms with Crippen molar-refractivity contribution in [2.75, 3.05) is 7.11 Å². The largest absolute Gasteiger partial charge is 0.504 e. The van der Waals surface area contributed by atoms with E-state index >= 15 is 0 Å². The Kier molecular flexibility index (Phi) is 3.78. The standard InChI is InChI=1S/C16H13NO/c1-18-11-10-13-6-8-14(9-7-13)16-5-3-2-4-15(16)12-17/h2-11H,1H3/b11-10+. The minimum Gasteiger partial charge on any atom is -0.504 e. The summed E-state index contributed by atoms with van der Waals surface area (Å²) in [5, 5.41) is 9.07. The monoisotopic (exact) mass is 235 g/mol. The number of benzene rings is 2. The molecular weight excluding hydrogens is 222 g/mol. The van der Waals surface area contributed by atoms with Crippen molar-refractivity contribution in [3.63, 3.8) is 0 Å². The van der Waals surface area contributed by atoms with E-state index in [1.165, 1.54) is 0 Å². The molecule has 0 heterocycles. The fourth-order valence-electron chi connectivity index (χ4n) is 1.75. The summed E-state index contributed by atoms with van der Waals surface area (Å²) in [4.78, 5) is 0. The van der Waals surface area contributed by atoms with Crippen LogP contribution in [-0.4, -0.2) is 7.11 Å². The van der Waals surface area contributed by atoms with Gasteiger partial charge in [0.05, 0.1) is 25.0 Å². The van der Waals surface area contributed by atoms with Gasteiger partial charge in [0.1, 0.15) is 0 Å². The second-order valence-corrected chi connectivity index (χ2v) is 3.82. The van der Waals surface area contributed by atoms with Gasteiger partial charge >= 0.3 is 0 Å². The topological polar surface area (TPSA) is 33.0 Å². The highest BCUT2D eigenvalue weighted by atomic mass is 16.5. The number of ether oxygens (including phenoxy) is 1. The smallest absolute Gasteiger partial charge is 0.0998 e. The number of rotatable bonds is 3. The first-order valence-electron chi connectivity index (χ1n) is 5.64. The van der Waals surface area contributed by atoms with Crippen LogP contribution < -0.4 is 0 Å². The first-order chi connectivity index (χ1) is 8.85. The zero-order chi connectivity index (χ0) is 12.8. The molecule has 0 spiro atoms. The number of methoxy groups -OCH3 is 1. The number of nitrogens with zero attached hydrogens (tertiary/aromatic N) is 1. The van der Waals surface area contributed by atoms with Crippen molar-refractivity contribution in [3.05, 3.63) is 65.9 Å². The lowest BCUT2D eigenvalue weighted by Gasteiger charge is -2.04. The summed E-state index contributed by atoms with van der Waals surface area (Å²) in [7, 11) is 1.62. The van der Waals surface area contributed by atoms with E-state index in [0.29, 0.717) is 5.56 Å². The highest BCUT2D eigenvalue weighted by Gasteiger charge is 2.02. The molecule has 0 atom stereocenters. The van der Waals surface area contributed by atoms with Crippen LogP contribution in [-0.2, 0) is 4.74 Å². The molecule has 2 aromatic rings. The number of hydrogen-bond acceptors (Lipinski definition) is 2. The zero-order valence-corrected chi connectivity index (χ0v) is 10.1. The maximum atomic E-state index is 9.07. The third-order valence-electron chi connectivity index (χ3n) is 2.67. The van der Waals surface area contributed by atoms with Crippen molar-refractivity contribution in [2.45, 2.75) is 0 Å². The predicted octanol–water partition coefficient (Wildman–Crippen LogP) is 3.84. The Morgan fingerprint density at radius 1 is 1.06 bits per heavy atom. The molecule has 0 bridgehead atoms. The molecule has 2 rings (SSSR count). The minimum absolute atomic E-state index is 0.692. The molecule has 0 aliphatic rings. The molecule has 2 nitrogen and oxygen atoms in total. The van der Waals surface area contributed by atoms with Crippen LogP contribution in [0.2, 0.25) is 0 Å². The van der Waals surface area contributed by atoms with Gasteiger partial charge in [-0.05, 0) is 28.8 Å². The number of hydrogen-bond donors (Lipinski definition) is 0. The van der Waals surface area contributed by atoms with Crippen LogP contribution in [0.5, 0.6) is 0 Å². The van der Waals surface area contributed by atoms with Crippen molar-refractivity contribution in [1.29, 1.82) is 5.26 Å². The average Bonchev–Trinajstić information content (AvgIpc) is 2.45. The van der Waals surface area contributed by atoms with Crippen LogP contribution in [0.1, 0.15) is 11.1 Å². The van der Waals surface area contributed by atoms with Gasteiger partial charge in [-0.1, -0.05) is 42.5 Å². The molecule has 2 aromatic carbocycles. The van der Waals surface area contributed by atoms with Gasteiger partial charge in [0.2, 0.25) is 0 Å². The Bertz CT molecular complexity index is 591. The maximum absolute atomic E-state index is 9.07. The fraction of sp³-hybridized carbons (Fsp3) is 0.0625. The molecular formula is C16H13NO. The molecule has 88 valence electrons. The van der Waals surface area contributed by atoms with Crippen LogP contribution in [0.4, 0.5) is 0 Å². The van der Waals surface area contributed by atoms with Gasteiger partial charge in [-0.3, -0.25) is 0 Å². The van der Waals surface area contributed by atoms with E-state index in [0.717, 1.165) is 16.7 Å². The average molecular weight is 235 g/mol. The van der Waals surface area contributed by atoms with E-state index in [-0.39, 0.29) is 0 Å². The normalized spacial score (nSPS) is 10.2. The summed E-state index contributed by atoms with van der Waals surface area (Å²) < 4.78 is 4.87. The number of nitriles is 1. The van der Waals surface area contributed by atoms with Gasteiger partial charge in [0.15, 0.2) is 0 Å². The van der Waals surface area contributed by atoms with Gasteiger partial charge < -0.3 is 4.74 Å². The van der Waals surface area contributed by atoms with Crippen LogP contribution in [0, 0.1) is 11.3 Å². The van der Waals surface area contributed by atoms with Crippen molar-refractivity contribution >= 4 is 6.08 Å². The zero-order valence-electron chi connectivity index (χ0n) is 10.1. The van der Waals surface area contributed by atoms with E-state index in [1.807, 2.05) is 54.6 Å². The fourth-order valence-corrected chi connectivity index (χ4v) is 1.75. The van der Waals surface area contributed by atoms with Gasteiger partial charge in [-0.15, -0.1) is 0 Å². The second kappa shape index (κ2) is 5.70. The van der Waals surface area contributed by atoms with Gasteiger partial charge in [0.25, 0.3) is 0 Å². The van der Waals surface area contributed by atoms with Gasteiger partial charge in [0, 0.05) is 0 Å². The van der Waals surface area contributed by atoms with Crippen molar-refractivity contribution < 1.29 is 4.74 Å². The van der Waals surface area contributed by atoms with Crippen molar-refractivity contribution in [2.24, 2.45) is 0 Å². The summed E-state index contributed by atoms with van der Waals surface area (Å²) in [6, 6.07) is 17.8. The second-order valence-electron chi connectivity index (χ2n) is 3.82. The highest BCUT2D eigenvalue weighted by molar-refractivity contribution is 5.71. The molecule has 18 heavy (non-hydrogen) atoms. The Morgan fingerprint density at radius 2 is 1.78 bits per heavy atom. The Balaban J connectivity index is 2.35. The molecule has 0 unspecified atom stereocenters.